The van der Waals surface area contributed by atoms with Gasteiger partial charge in [0.1, 0.15) is 28.1 Å². The molecule has 0 aliphatic carbocycles. The number of fused-ring (bicyclic) bond motifs is 4. The van der Waals surface area contributed by atoms with Crippen LogP contribution in [0.25, 0.3) is 21.9 Å². The van der Waals surface area contributed by atoms with Gasteiger partial charge < -0.3 is 23.7 Å². The second-order valence-corrected chi connectivity index (χ2v) is 9.49. The van der Waals surface area contributed by atoms with Crippen molar-refractivity contribution in [2.75, 3.05) is 13.7 Å². The molecule has 3 heterocycles. The fourth-order valence-electron chi connectivity index (χ4n) is 4.78. The van der Waals surface area contributed by atoms with Crippen LogP contribution in [0.4, 0.5) is 0 Å². The number of methoxy groups -OCH3 is 1. The molecular weight excluding hydrogens is 408 g/mol. The Morgan fingerprint density at radius 1 is 1.31 bits per heavy atom. The highest BCUT2D eigenvalue weighted by atomic mass is 16.6. The van der Waals surface area contributed by atoms with Crippen LogP contribution >= 0.6 is 0 Å². The normalized spacial score (nSPS) is 23.6. The van der Waals surface area contributed by atoms with E-state index in [0.717, 1.165) is 16.7 Å². The fourth-order valence-corrected chi connectivity index (χ4v) is 4.78. The predicted octanol–water partition coefficient (Wildman–Crippen LogP) is 4.60. The molecule has 3 aromatic rings. The molecule has 5 rings (SSSR count). The summed E-state index contributed by atoms with van der Waals surface area (Å²) in [6.07, 6.45) is -0.208. The molecule has 0 saturated carbocycles. The number of aliphatic hydroxyl groups is 1. The predicted molar refractivity (Wildman–Crippen MR) is 123 cm³/mol. The van der Waals surface area contributed by atoms with E-state index in [1.165, 1.54) is 7.11 Å². The summed E-state index contributed by atoms with van der Waals surface area (Å²) in [4.78, 5) is 13.9. The van der Waals surface area contributed by atoms with Gasteiger partial charge in [-0.3, -0.25) is 4.79 Å². The van der Waals surface area contributed by atoms with E-state index in [1.807, 2.05) is 39.8 Å². The van der Waals surface area contributed by atoms with Gasteiger partial charge in [-0.15, -0.1) is 0 Å². The second-order valence-electron chi connectivity index (χ2n) is 9.49. The van der Waals surface area contributed by atoms with Gasteiger partial charge in [0, 0.05) is 17.9 Å². The van der Waals surface area contributed by atoms with Crippen molar-refractivity contribution < 1.29 is 23.7 Å². The van der Waals surface area contributed by atoms with Crippen molar-refractivity contribution in [3.63, 3.8) is 0 Å². The molecule has 6 nitrogen and oxygen atoms in total. The summed E-state index contributed by atoms with van der Waals surface area (Å²) in [5, 5.41) is 11.9. The van der Waals surface area contributed by atoms with Crippen molar-refractivity contribution in [3.05, 3.63) is 57.3 Å². The van der Waals surface area contributed by atoms with Crippen LogP contribution in [0.5, 0.6) is 11.5 Å². The van der Waals surface area contributed by atoms with Crippen molar-refractivity contribution in [1.29, 1.82) is 0 Å². The van der Waals surface area contributed by atoms with Crippen molar-refractivity contribution in [2.24, 2.45) is 5.92 Å². The van der Waals surface area contributed by atoms with Gasteiger partial charge in [-0.2, -0.15) is 0 Å². The van der Waals surface area contributed by atoms with Gasteiger partial charge >= 0.3 is 0 Å². The highest BCUT2D eigenvalue weighted by molar-refractivity contribution is 5.97. The molecule has 3 unspecified atom stereocenters. The highest BCUT2D eigenvalue weighted by Gasteiger charge is 2.47. The Morgan fingerprint density at radius 3 is 2.66 bits per heavy atom. The van der Waals surface area contributed by atoms with E-state index < -0.39 is 6.10 Å². The Bertz CT molecular complexity index is 1330. The number of hydrogen-bond donors (Lipinski definition) is 1. The summed E-state index contributed by atoms with van der Waals surface area (Å²) in [7, 11) is 1.53. The summed E-state index contributed by atoms with van der Waals surface area (Å²) in [6, 6.07) is 5.53. The number of ether oxygens (including phenoxy) is 3. The van der Waals surface area contributed by atoms with Crippen LogP contribution in [-0.4, -0.2) is 30.5 Å². The largest absolute Gasteiger partial charge is 0.496 e. The van der Waals surface area contributed by atoms with E-state index >= 15 is 0 Å². The maximum absolute atomic E-state index is 13.9. The Hall–Kier alpha value is -2.83. The molecule has 2 aliphatic heterocycles. The van der Waals surface area contributed by atoms with Crippen LogP contribution in [0.15, 0.2) is 39.6 Å². The summed E-state index contributed by atoms with van der Waals surface area (Å²) < 4.78 is 23.6. The van der Waals surface area contributed by atoms with E-state index in [1.54, 1.807) is 6.07 Å². The molecule has 3 atom stereocenters. The number of epoxide rings is 1. The minimum absolute atomic E-state index is 0.0666. The Kier molecular flexibility index (Phi) is 4.66. The lowest BCUT2D eigenvalue weighted by Gasteiger charge is -2.32. The molecule has 1 saturated heterocycles. The molecule has 0 amide bonds. The molecule has 0 bridgehead atoms. The molecule has 1 fully saturated rings. The van der Waals surface area contributed by atoms with Crippen LogP contribution in [0.1, 0.15) is 43.6 Å². The van der Waals surface area contributed by atoms with Gasteiger partial charge in [0.05, 0.1) is 36.9 Å². The molecule has 6 heteroatoms. The van der Waals surface area contributed by atoms with Gasteiger partial charge in [-0.25, -0.2) is 0 Å². The van der Waals surface area contributed by atoms with E-state index in [-0.39, 0.29) is 23.1 Å². The molecule has 2 aliphatic rings. The summed E-state index contributed by atoms with van der Waals surface area (Å²) >= 11 is 0. The summed E-state index contributed by atoms with van der Waals surface area (Å²) in [5.41, 5.74) is 3.47. The zero-order chi connectivity index (χ0) is 22.9. The fraction of sp³-hybridized carbons (Fsp3) is 0.423. The zero-order valence-corrected chi connectivity index (χ0v) is 19.1. The molecule has 1 N–H and O–H groups in total. The quantitative estimate of drug-likeness (QED) is 0.366. The minimum atomic E-state index is -0.908. The van der Waals surface area contributed by atoms with E-state index in [4.69, 9.17) is 18.6 Å². The second kappa shape index (κ2) is 7.09. The highest BCUT2D eigenvalue weighted by Crippen LogP contribution is 2.45. The summed E-state index contributed by atoms with van der Waals surface area (Å²) in [5.74, 6) is 0.676. The smallest absolute Gasteiger partial charge is 0.204 e. The Balaban J connectivity index is 1.82. The first-order valence-electron chi connectivity index (χ1n) is 10.9. The topological polar surface area (TPSA) is 81.4 Å². The number of rotatable bonds is 4. The van der Waals surface area contributed by atoms with Crippen LogP contribution < -0.4 is 14.9 Å². The van der Waals surface area contributed by atoms with Gasteiger partial charge in [0.2, 0.25) is 5.43 Å². The molecule has 32 heavy (non-hydrogen) atoms. The first-order valence-corrected chi connectivity index (χ1v) is 10.9. The Morgan fingerprint density at radius 2 is 2.03 bits per heavy atom. The van der Waals surface area contributed by atoms with Gasteiger partial charge in [0.25, 0.3) is 0 Å². The molecular formula is C26H28O6. The minimum Gasteiger partial charge on any atom is -0.496 e. The van der Waals surface area contributed by atoms with Crippen molar-refractivity contribution in [3.8, 4) is 11.5 Å². The SMILES string of the molecule is C=C(C)C1COc2c(C)cc3oc4c(CC5OC5(C)C)ccc(OC)c4c(=O)c3c2C1O. The third-order valence-electron chi connectivity index (χ3n) is 6.84. The average Bonchev–Trinajstić information content (AvgIpc) is 3.34. The van der Waals surface area contributed by atoms with Crippen molar-refractivity contribution >= 4 is 21.9 Å². The lowest BCUT2D eigenvalue weighted by atomic mass is 9.85. The van der Waals surface area contributed by atoms with Crippen molar-refractivity contribution in [1.82, 2.24) is 0 Å². The van der Waals surface area contributed by atoms with Gasteiger partial charge in [-0.05, 0) is 51.0 Å². The van der Waals surface area contributed by atoms with E-state index in [2.05, 4.69) is 6.58 Å². The first-order chi connectivity index (χ1) is 15.1. The molecule has 2 aromatic carbocycles. The number of aliphatic hydroxyl groups excluding tert-OH is 1. The lowest BCUT2D eigenvalue weighted by molar-refractivity contribution is 0.0701. The molecule has 0 radical (unpaired) electrons. The van der Waals surface area contributed by atoms with Crippen LogP contribution in [0.2, 0.25) is 0 Å². The summed E-state index contributed by atoms with van der Waals surface area (Å²) in [6.45, 7) is 12.1. The number of benzene rings is 2. The van der Waals surface area contributed by atoms with Crippen LogP contribution in [-0.2, 0) is 11.2 Å². The Labute approximate surface area is 186 Å². The molecule has 0 spiro atoms. The number of hydrogen-bond acceptors (Lipinski definition) is 6. The van der Waals surface area contributed by atoms with Crippen LogP contribution in [0, 0.1) is 12.8 Å². The first kappa shape index (κ1) is 21.0. The third-order valence-corrected chi connectivity index (χ3v) is 6.84. The van der Waals surface area contributed by atoms with E-state index in [0.29, 0.717) is 52.0 Å². The van der Waals surface area contributed by atoms with Gasteiger partial charge in [0.15, 0.2) is 0 Å². The zero-order valence-electron chi connectivity index (χ0n) is 19.1. The lowest BCUT2D eigenvalue weighted by Crippen LogP contribution is -2.28. The standard InChI is InChI=1S/C26H28O6/c1-12(2)15-11-30-24-13(3)9-17-19(21(24)22(15)27)23(28)20-16(29-6)8-7-14(25(20)31-17)10-18-26(4,5)32-18/h7-9,15,18,22,27H,1,10-11H2,2-6H3. The third kappa shape index (κ3) is 3.05. The monoisotopic (exact) mass is 436 g/mol. The average molecular weight is 437 g/mol. The van der Waals surface area contributed by atoms with Crippen LogP contribution in [0.3, 0.4) is 0 Å². The molecule has 168 valence electrons. The maximum Gasteiger partial charge on any atom is 0.204 e. The molecule has 1 aromatic heterocycles. The van der Waals surface area contributed by atoms with E-state index in [9.17, 15) is 9.90 Å². The maximum atomic E-state index is 13.9. The number of aryl methyl sites for hydroxylation is 1. The van der Waals surface area contributed by atoms with Crippen molar-refractivity contribution in [2.45, 2.75) is 51.9 Å². The van der Waals surface area contributed by atoms with Gasteiger partial charge in [-0.1, -0.05) is 18.2 Å².